The van der Waals surface area contributed by atoms with Crippen LogP contribution in [0.25, 0.3) is 0 Å². The van der Waals surface area contributed by atoms with E-state index < -0.39 is 0 Å². The molecule has 0 amide bonds. The van der Waals surface area contributed by atoms with Crippen molar-refractivity contribution in [3.63, 3.8) is 0 Å². The summed E-state index contributed by atoms with van der Waals surface area (Å²) in [6.45, 7) is 2.16. The summed E-state index contributed by atoms with van der Waals surface area (Å²) >= 11 is 10.1. The fourth-order valence-electron chi connectivity index (χ4n) is 1.48. The zero-order valence-corrected chi connectivity index (χ0v) is 13.7. The lowest BCUT2D eigenvalue weighted by molar-refractivity contribution is -0.133. The van der Waals surface area contributed by atoms with Gasteiger partial charge in [-0.25, -0.2) is 4.79 Å². The second-order valence-corrected chi connectivity index (χ2v) is 5.91. The Balaban J connectivity index is 2.70. The Morgan fingerprint density at radius 3 is 2.62 bits per heavy atom. The van der Waals surface area contributed by atoms with E-state index in [4.69, 9.17) is 4.74 Å². The SMILES string of the molecule is CCCCCC(Br)C1=C(Br)/C(=C/Br)OC1=O. The summed E-state index contributed by atoms with van der Waals surface area (Å²) < 4.78 is 5.83. The average Bonchev–Trinajstić information content (AvgIpc) is 2.54. The lowest BCUT2D eigenvalue weighted by Gasteiger charge is -2.08. The standard InChI is InChI=1S/C11H13Br3O2/c1-2-3-4-5-7(13)9-10(14)8(6-12)16-11(9)15/h6-7H,2-5H2,1H3/b8-6-. The van der Waals surface area contributed by atoms with Crippen LogP contribution in [0.1, 0.15) is 32.6 Å². The molecule has 0 aromatic heterocycles. The topological polar surface area (TPSA) is 26.3 Å². The number of cyclic esters (lactones) is 1. The number of carbonyl (C=O) groups excluding carboxylic acids is 1. The molecule has 0 aromatic rings. The molecular weight excluding hydrogens is 404 g/mol. The van der Waals surface area contributed by atoms with E-state index >= 15 is 0 Å². The van der Waals surface area contributed by atoms with Crippen LogP contribution in [0, 0.1) is 0 Å². The Morgan fingerprint density at radius 2 is 2.12 bits per heavy atom. The number of hydrogen-bond donors (Lipinski definition) is 0. The maximum atomic E-state index is 11.6. The number of halogens is 3. The minimum atomic E-state index is -0.268. The summed E-state index contributed by atoms with van der Waals surface area (Å²) in [4.78, 5) is 13.3. The van der Waals surface area contributed by atoms with Crippen molar-refractivity contribution in [2.75, 3.05) is 0 Å². The average molecular weight is 417 g/mol. The van der Waals surface area contributed by atoms with Gasteiger partial charge in [-0.2, -0.15) is 0 Å². The van der Waals surface area contributed by atoms with Gasteiger partial charge in [0.15, 0.2) is 5.76 Å². The molecule has 1 rings (SSSR count). The highest BCUT2D eigenvalue weighted by Gasteiger charge is 2.32. The van der Waals surface area contributed by atoms with Crippen molar-refractivity contribution in [2.45, 2.75) is 37.4 Å². The van der Waals surface area contributed by atoms with E-state index in [2.05, 4.69) is 54.7 Å². The molecule has 0 aromatic carbocycles. The first-order valence-electron chi connectivity index (χ1n) is 5.18. The zero-order chi connectivity index (χ0) is 12.1. The molecule has 2 nitrogen and oxygen atoms in total. The van der Waals surface area contributed by atoms with Gasteiger partial charge in [-0.1, -0.05) is 58.0 Å². The molecule has 0 aliphatic carbocycles. The summed E-state index contributed by atoms with van der Waals surface area (Å²) in [6.07, 6.45) is 4.42. The predicted octanol–water partition coefficient (Wildman–Crippen LogP) is 4.77. The highest BCUT2D eigenvalue weighted by molar-refractivity contribution is 9.12. The number of carbonyl (C=O) groups is 1. The van der Waals surface area contributed by atoms with Crippen LogP contribution in [-0.2, 0) is 9.53 Å². The summed E-state index contributed by atoms with van der Waals surface area (Å²) in [6, 6.07) is 0. The third-order valence-electron chi connectivity index (χ3n) is 2.35. The molecule has 5 heteroatoms. The third-order valence-corrected chi connectivity index (χ3v) is 4.50. The van der Waals surface area contributed by atoms with E-state index in [9.17, 15) is 4.79 Å². The fourth-order valence-corrected chi connectivity index (χ4v) is 3.79. The maximum absolute atomic E-state index is 11.6. The molecule has 0 bridgehead atoms. The molecule has 1 aliphatic heterocycles. The molecule has 1 heterocycles. The number of esters is 1. The highest BCUT2D eigenvalue weighted by Crippen LogP contribution is 2.37. The predicted molar refractivity (Wildman–Crippen MR) is 75.9 cm³/mol. The van der Waals surface area contributed by atoms with Crippen LogP contribution in [0.3, 0.4) is 0 Å². The molecule has 0 radical (unpaired) electrons. The smallest absolute Gasteiger partial charge is 0.341 e. The van der Waals surface area contributed by atoms with E-state index in [-0.39, 0.29) is 10.8 Å². The van der Waals surface area contributed by atoms with Crippen LogP contribution in [0.2, 0.25) is 0 Å². The van der Waals surface area contributed by atoms with Gasteiger partial charge in [0.05, 0.1) is 10.1 Å². The summed E-state index contributed by atoms with van der Waals surface area (Å²) in [5.41, 5.74) is 0.682. The molecule has 0 saturated carbocycles. The van der Waals surface area contributed by atoms with E-state index in [1.165, 1.54) is 12.8 Å². The number of unbranched alkanes of at least 4 members (excludes halogenated alkanes) is 2. The van der Waals surface area contributed by atoms with Crippen molar-refractivity contribution < 1.29 is 9.53 Å². The molecule has 0 fully saturated rings. The van der Waals surface area contributed by atoms with Gasteiger partial charge >= 0.3 is 5.97 Å². The molecule has 16 heavy (non-hydrogen) atoms. The van der Waals surface area contributed by atoms with Crippen LogP contribution in [0.4, 0.5) is 0 Å². The number of ether oxygens (including phenoxy) is 1. The van der Waals surface area contributed by atoms with E-state index in [0.29, 0.717) is 11.3 Å². The number of alkyl halides is 1. The first-order valence-corrected chi connectivity index (χ1v) is 7.80. The Kier molecular flexibility index (Phi) is 6.29. The van der Waals surface area contributed by atoms with Gasteiger partial charge < -0.3 is 4.74 Å². The first kappa shape index (κ1) is 14.5. The number of rotatable bonds is 5. The molecule has 0 saturated heterocycles. The van der Waals surface area contributed by atoms with Gasteiger partial charge in [0.2, 0.25) is 0 Å². The quantitative estimate of drug-likeness (QED) is 0.366. The Labute approximate surface area is 121 Å². The molecule has 90 valence electrons. The van der Waals surface area contributed by atoms with Crippen molar-refractivity contribution in [3.05, 3.63) is 20.8 Å². The molecule has 0 N–H and O–H groups in total. The van der Waals surface area contributed by atoms with Crippen LogP contribution in [0.5, 0.6) is 0 Å². The van der Waals surface area contributed by atoms with Gasteiger partial charge in [-0.15, -0.1) is 0 Å². The number of hydrogen-bond acceptors (Lipinski definition) is 2. The van der Waals surface area contributed by atoms with Crippen LogP contribution in [-0.4, -0.2) is 10.8 Å². The van der Waals surface area contributed by atoms with Gasteiger partial charge in [-0.05, 0) is 22.4 Å². The maximum Gasteiger partial charge on any atom is 0.341 e. The second kappa shape index (κ2) is 6.97. The zero-order valence-electron chi connectivity index (χ0n) is 8.93. The first-order chi connectivity index (χ1) is 7.61. The van der Waals surface area contributed by atoms with Crippen molar-refractivity contribution in [2.24, 2.45) is 0 Å². The molecule has 1 unspecified atom stereocenters. The Morgan fingerprint density at radius 1 is 1.44 bits per heavy atom. The van der Waals surface area contributed by atoms with E-state index in [1.54, 1.807) is 4.99 Å². The van der Waals surface area contributed by atoms with Gasteiger partial charge in [0, 0.05) is 9.81 Å². The lowest BCUT2D eigenvalue weighted by Crippen LogP contribution is -2.10. The minimum absolute atomic E-state index is 0.0610. The lowest BCUT2D eigenvalue weighted by atomic mass is 10.1. The van der Waals surface area contributed by atoms with Crippen molar-refractivity contribution >= 4 is 53.8 Å². The van der Waals surface area contributed by atoms with Crippen LogP contribution < -0.4 is 0 Å². The van der Waals surface area contributed by atoms with Crippen molar-refractivity contribution in [1.82, 2.24) is 0 Å². The molecule has 1 atom stereocenters. The van der Waals surface area contributed by atoms with Crippen molar-refractivity contribution in [3.8, 4) is 0 Å². The highest BCUT2D eigenvalue weighted by atomic mass is 79.9. The monoisotopic (exact) mass is 414 g/mol. The third kappa shape index (κ3) is 3.44. The van der Waals surface area contributed by atoms with Gasteiger partial charge in [0.1, 0.15) is 0 Å². The fraction of sp³-hybridized carbons (Fsp3) is 0.545. The summed E-state index contributed by atoms with van der Waals surface area (Å²) in [5.74, 6) is 0.274. The van der Waals surface area contributed by atoms with Crippen molar-refractivity contribution in [1.29, 1.82) is 0 Å². The minimum Gasteiger partial charge on any atom is -0.421 e. The largest absolute Gasteiger partial charge is 0.421 e. The van der Waals surface area contributed by atoms with Crippen LogP contribution >= 0.6 is 47.8 Å². The summed E-state index contributed by atoms with van der Waals surface area (Å²) in [7, 11) is 0. The van der Waals surface area contributed by atoms with E-state index in [0.717, 1.165) is 17.3 Å². The van der Waals surface area contributed by atoms with Gasteiger partial charge in [-0.3, -0.25) is 0 Å². The normalized spacial score (nSPS) is 20.5. The Bertz CT molecular complexity index is 334. The molecule has 1 aliphatic rings. The number of allylic oxidation sites excluding steroid dienone is 1. The second-order valence-electron chi connectivity index (χ2n) is 3.55. The van der Waals surface area contributed by atoms with E-state index in [1.807, 2.05) is 0 Å². The van der Waals surface area contributed by atoms with Gasteiger partial charge in [0.25, 0.3) is 0 Å². The Hall–Kier alpha value is 0.390. The van der Waals surface area contributed by atoms with Crippen LogP contribution in [0.15, 0.2) is 20.8 Å². The summed E-state index contributed by atoms with van der Waals surface area (Å²) in [5, 5.41) is 0. The molecule has 0 spiro atoms. The molecular formula is C11H13Br3O2.